The van der Waals surface area contributed by atoms with Crippen LogP contribution in [0.5, 0.6) is 0 Å². The Bertz CT molecular complexity index is 1360. The van der Waals surface area contributed by atoms with Gasteiger partial charge in [-0.05, 0) is 44.0 Å². The van der Waals surface area contributed by atoms with E-state index in [4.69, 9.17) is 21.3 Å². The number of halogens is 1. The van der Waals surface area contributed by atoms with Crippen LogP contribution in [0.2, 0.25) is 5.02 Å². The van der Waals surface area contributed by atoms with Crippen LogP contribution >= 0.6 is 11.6 Å². The van der Waals surface area contributed by atoms with Crippen molar-refractivity contribution in [1.29, 1.82) is 0 Å². The molecule has 0 radical (unpaired) electrons. The minimum absolute atomic E-state index is 0.0959. The van der Waals surface area contributed by atoms with Gasteiger partial charge in [0.1, 0.15) is 5.82 Å². The van der Waals surface area contributed by atoms with Gasteiger partial charge in [0.15, 0.2) is 5.03 Å². The molecule has 1 saturated carbocycles. The number of hydrogen-bond donors (Lipinski definition) is 0. The Hall–Kier alpha value is -2.78. The Morgan fingerprint density at radius 1 is 1.28 bits per heavy atom. The minimum Gasteiger partial charge on any atom is -0.466 e. The van der Waals surface area contributed by atoms with E-state index in [-0.39, 0.29) is 17.9 Å². The maximum absolute atomic E-state index is 12.2. The highest BCUT2D eigenvalue weighted by atomic mass is 35.5. The first-order valence-corrected chi connectivity index (χ1v) is 12.4. The van der Waals surface area contributed by atoms with Gasteiger partial charge in [0.2, 0.25) is 0 Å². The summed E-state index contributed by atoms with van der Waals surface area (Å²) in [6.07, 6.45) is 6.42. The highest BCUT2D eigenvalue weighted by Crippen LogP contribution is 2.41. The summed E-state index contributed by atoms with van der Waals surface area (Å²) in [5.74, 6) is 0.564. The predicted octanol–water partition coefficient (Wildman–Crippen LogP) is 3.73. The minimum atomic E-state index is -1.23. The molecule has 0 saturated heterocycles. The first-order valence-electron chi connectivity index (χ1n) is 10.4. The van der Waals surface area contributed by atoms with Crippen LogP contribution < -0.4 is 0 Å². The molecule has 1 aliphatic carbocycles. The number of hydrogen-bond acceptors (Lipinski definition) is 6. The van der Waals surface area contributed by atoms with Crippen LogP contribution in [-0.2, 0) is 26.9 Å². The zero-order valence-electron chi connectivity index (χ0n) is 17.7. The van der Waals surface area contributed by atoms with Crippen molar-refractivity contribution < 1.29 is 13.7 Å². The van der Waals surface area contributed by atoms with Gasteiger partial charge in [-0.3, -0.25) is 18.7 Å². The molecule has 3 aromatic heterocycles. The van der Waals surface area contributed by atoms with Crippen molar-refractivity contribution in [3.63, 3.8) is 0 Å². The molecular formula is C22H22ClN5O3S. The Labute approximate surface area is 192 Å². The fourth-order valence-electron chi connectivity index (χ4n) is 4.35. The average Bonchev–Trinajstić information content (AvgIpc) is 3.26. The lowest BCUT2D eigenvalue weighted by molar-refractivity contribution is -0.152. The van der Waals surface area contributed by atoms with E-state index < -0.39 is 10.8 Å². The first kappa shape index (κ1) is 21.1. The summed E-state index contributed by atoms with van der Waals surface area (Å²) in [5.41, 5.74) is 2.55. The van der Waals surface area contributed by atoms with E-state index in [1.54, 1.807) is 23.3 Å². The molecule has 4 aromatic rings. The number of pyridine rings is 1. The second-order valence-electron chi connectivity index (χ2n) is 7.92. The molecular weight excluding hydrogens is 450 g/mol. The lowest BCUT2D eigenvalue weighted by atomic mass is 9.80. The molecule has 1 aromatic carbocycles. The molecule has 166 valence electrons. The van der Waals surface area contributed by atoms with E-state index in [1.165, 1.54) is 0 Å². The molecule has 0 N–H and O–H groups in total. The lowest BCUT2D eigenvalue weighted by Gasteiger charge is -2.35. The van der Waals surface area contributed by atoms with Crippen molar-refractivity contribution >= 4 is 50.3 Å². The number of nitrogens with zero attached hydrogens (tertiary/aromatic N) is 5. The SMILES string of the molecule is CCOC(=O)C1CC(n2c(Cn3nc(S(C)=O)c4ccncc43)nc3cc(Cl)ccc32)C1. The number of imidazole rings is 1. The van der Waals surface area contributed by atoms with Gasteiger partial charge in [0.05, 0.1) is 52.6 Å². The zero-order chi connectivity index (χ0) is 22.4. The second kappa shape index (κ2) is 8.29. The highest BCUT2D eigenvalue weighted by Gasteiger charge is 2.38. The van der Waals surface area contributed by atoms with Crippen LogP contribution in [0.4, 0.5) is 0 Å². The van der Waals surface area contributed by atoms with E-state index in [1.807, 2.05) is 31.2 Å². The zero-order valence-corrected chi connectivity index (χ0v) is 19.3. The molecule has 10 heteroatoms. The van der Waals surface area contributed by atoms with Crippen LogP contribution in [0, 0.1) is 5.92 Å². The largest absolute Gasteiger partial charge is 0.466 e. The van der Waals surface area contributed by atoms with Crippen LogP contribution in [0.15, 0.2) is 41.7 Å². The molecule has 0 aliphatic heterocycles. The fourth-order valence-corrected chi connectivity index (χ4v) is 5.21. The van der Waals surface area contributed by atoms with Gasteiger partial charge in [0, 0.05) is 28.9 Å². The van der Waals surface area contributed by atoms with Crippen LogP contribution in [-0.4, -0.2) is 47.4 Å². The van der Waals surface area contributed by atoms with Gasteiger partial charge >= 0.3 is 5.97 Å². The fraction of sp³-hybridized carbons (Fsp3) is 0.364. The van der Waals surface area contributed by atoms with E-state index in [0.717, 1.165) is 27.8 Å². The second-order valence-corrected chi connectivity index (χ2v) is 9.65. The van der Waals surface area contributed by atoms with Gasteiger partial charge in [-0.2, -0.15) is 5.10 Å². The maximum Gasteiger partial charge on any atom is 0.309 e. The van der Waals surface area contributed by atoms with Crippen molar-refractivity contribution in [2.24, 2.45) is 5.92 Å². The maximum atomic E-state index is 12.2. The summed E-state index contributed by atoms with van der Waals surface area (Å²) in [6.45, 7) is 2.59. The summed E-state index contributed by atoms with van der Waals surface area (Å²) >= 11 is 6.21. The third-order valence-electron chi connectivity index (χ3n) is 5.91. The first-order chi connectivity index (χ1) is 15.5. The third-order valence-corrected chi connectivity index (χ3v) is 6.99. The summed E-state index contributed by atoms with van der Waals surface area (Å²) < 4.78 is 21.4. The summed E-state index contributed by atoms with van der Waals surface area (Å²) in [6, 6.07) is 7.60. The van der Waals surface area contributed by atoms with Crippen molar-refractivity contribution in [2.75, 3.05) is 12.9 Å². The van der Waals surface area contributed by atoms with Gasteiger partial charge < -0.3 is 9.30 Å². The third kappa shape index (κ3) is 3.59. The molecule has 32 heavy (non-hydrogen) atoms. The number of rotatable bonds is 6. The number of carbonyl (C=O) groups excluding carboxylic acids is 1. The Kier molecular flexibility index (Phi) is 5.46. The molecule has 1 fully saturated rings. The van der Waals surface area contributed by atoms with Gasteiger partial charge in [-0.25, -0.2) is 4.98 Å². The van der Waals surface area contributed by atoms with E-state index in [2.05, 4.69) is 14.6 Å². The molecule has 1 atom stereocenters. The van der Waals surface area contributed by atoms with Crippen molar-refractivity contribution in [3.05, 3.63) is 47.5 Å². The number of aromatic nitrogens is 5. The Morgan fingerprint density at radius 3 is 2.84 bits per heavy atom. The van der Waals surface area contributed by atoms with E-state index in [9.17, 15) is 9.00 Å². The number of benzene rings is 1. The molecule has 8 nitrogen and oxygen atoms in total. The molecule has 0 spiro atoms. The molecule has 1 aliphatic rings. The molecule has 1 unspecified atom stereocenters. The van der Waals surface area contributed by atoms with Crippen molar-refractivity contribution in [1.82, 2.24) is 24.3 Å². The normalized spacial score (nSPS) is 19.2. The topological polar surface area (TPSA) is 91.9 Å². The van der Waals surface area contributed by atoms with E-state index >= 15 is 0 Å². The van der Waals surface area contributed by atoms with Crippen LogP contribution in [0.25, 0.3) is 21.9 Å². The summed E-state index contributed by atoms with van der Waals surface area (Å²) in [4.78, 5) is 21.2. The van der Waals surface area contributed by atoms with Crippen molar-refractivity contribution in [2.45, 2.75) is 37.4 Å². The smallest absolute Gasteiger partial charge is 0.309 e. The summed E-state index contributed by atoms with van der Waals surface area (Å²) in [7, 11) is -1.23. The van der Waals surface area contributed by atoms with Gasteiger partial charge in [-0.15, -0.1) is 0 Å². The number of carbonyl (C=O) groups is 1. The van der Waals surface area contributed by atoms with Crippen molar-refractivity contribution in [3.8, 4) is 0 Å². The predicted molar refractivity (Wildman–Crippen MR) is 122 cm³/mol. The lowest BCUT2D eigenvalue weighted by Crippen LogP contribution is -2.34. The number of ether oxygens (including phenoxy) is 1. The van der Waals surface area contributed by atoms with Gasteiger partial charge in [0.25, 0.3) is 0 Å². The number of fused-ring (bicyclic) bond motifs is 2. The Morgan fingerprint density at radius 2 is 2.09 bits per heavy atom. The van der Waals surface area contributed by atoms with Gasteiger partial charge in [-0.1, -0.05) is 11.6 Å². The van der Waals surface area contributed by atoms with Crippen LogP contribution in [0.3, 0.4) is 0 Å². The monoisotopic (exact) mass is 471 g/mol. The highest BCUT2D eigenvalue weighted by molar-refractivity contribution is 7.84. The standard InChI is InChI=1S/C22H22ClN5O3S/c1-3-31-22(29)13-8-15(9-13)28-18-5-4-14(23)10-17(18)25-20(28)12-27-19-11-24-7-6-16(19)21(26-27)32(2)30/h4-7,10-11,13,15H,3,8-9,12H2,1-2H3. The Balaban J connectivity index is 1.55. The molecule has 5 rings (SSSR count). The van der Waals surface area contributed by atoms with Crippen LogP contribution in [0.1, 0.15) is 31.6 Å². The molecule has 3 heterocycles. The quantitative estimate of drug-likeness (QED) is 0.398. The average molecular weight is 472 g/mol. The van der Waals surface area contributed by atoms with E-state index in [0.29, 0.717) is 36.0 Å². The number of esters is 1. The molecule has 0 amide bonds. The summed E-state index contributed by atoms with van der Waals surface area (Å²) in [5, 5.41) is 6.57. The molecule has 0 bridgehead atoms.